The monoisotopic (exact) mass is 298 g/mol. The highest BCUT2D eigenvalue weighted by molar-refractivity contribution is 7.80. The van der Waals surface area contributed by atoms with Crippen molar-refractivity contribution in [2.45, 2.75) is 6.10 Å². The lowest BCUT2D eigenvalue weighted by molar-refractivity contribution is 0.217. The summed E-state index contributed by atoms with van der Waals surface area (Å²) in [7, 11) is -4.56. The van der Waals surface area contributed by atoms with Crippen LogP contribution in [0.1, 0.15) is 17.2 Å². The number of hydrogen-bond donors (Lipinski definition) is 1. The normalized spacial score (nSPS) is 13.2. The van der Waals surface area contributed by atoms with Crippen molar-refractivity contribution >= 4 is 22.0 Å². The van der Waals surface area contributed by atoms with Gasteiger partial charge in [-0.1, -0.05) is 54.1 Å². The predicted octanol–water partition coefficient (Wildman–Crippen LogP) is 3.25. The highest BCUT2D eigenvalue weighted by Crippen LogP contribution is 2.28. The van der Waals surface area contributed by atoms with Crippen molar-refractivity contribution in [2.75, 3.05) is 0 Å². The number of halogens is 1. The summed E-state index contributed by atoms with van der Waals surface area (Å²) in [4.78, 5) is 0. The third kappa shape index (κ3) is 4.04. The second-order valence-corrected chi connectivity index (χ2v) is 5.35. The Hall–Kier alpha value is -1.40. The van der Waals surface area contributed by atoms with Crippen molar-refractivity contribution in [2.24, 2.45) is 0 Å². The van der Waals surface area contributed by atoms with Gasteiger partial charge in [-0.3, -0.25) is 4.55 Å². The van der Waals surface area contributed by atoms with Gasteiger partial charge in [-0.2, -0.15) is 8.42 Å². The molecule has 2 aromatic carbocycles. The third-order valence-corrected chi connectivity index (χ3v) is 3.18. The van der Waals surface area contributed by atoms with E-state index in [1.165, 1.54) is 0 Å². The highest BCUT2D eigenvalue weighted by atomic mass is 35.5. The molecule has 4 nitrogen and oxygen atoms in total. The molecule has 1 unspecified atom stereocenters. The van der Waals surface area contributed by atoms with Gasteiger partial charge >= 0.3 is 10.4 Å². The summed E-state index contributed by atoms with van der Waals surface area (Å²) in [6.45, 7) is 0. The van der Waals surface area contributed by atoms with Gasteiger partial charge in [-0.05, 0) is 23.3 Å². The minimum atomic E-state index is -4.56. The van der Waals surface area contributed by atoms with Crippen LogP contribution in [-0.2, 0) is 14.6 Å². The smallest absolute Gasteiger partial charge is 0.264 e. The first kappa shape index (κ1) is 14.0. The fourth-order valence-electron chi connectivity index (χ4n) is 1.69. The van der Waals surface area contributed by atoms with Crippen LogP contribution in [0.15, 0.2) is 54.6 Å². The topological polar surface area (TPSA) is 63.6 Å². The first-order valence-corrected chi connectivity index (χ1v) is 7.16. The van der Waals surface area contributed by atoms with E-state index in [1.54, 1.807) is 54.6 Å². The zero-order valence-electron chi connectivity index (χ0n) is 9.73. The van der Waals surface area contributed by atoms with Gasteiger partial charge in [0.2, 0.25) is 0 Å². The summed E-state index contributed by atoms with van der Waals surface area (Å²) in [5, 5.41) is 0.530. The Morgan fingerprint density at radius 2 is 1.47 bits per heavy atom. The molecule has 2 rings (SSSR count). The molecule has 0 aliphatic heterocycles. The quantitative estimate of drug-likeness (QED) is 0.880. The number of hydrogen-bond acceptors (Lipinski definition) is 3. The molecule has 0 radical (unpaired) electrons. The molecule has 1 N–H and O–H groups in total. The van der Waals surface area contributed by atoms with Crippen LogP contribution in [0.2, 0.25) is 5.02 Å². The van der Waals surface area contributed by atoms with E-state index in [9.17, 15) is 8.42 Å². The van der Waals surface area contributed by atoms with E-state index >= 15 is 0 Å². The summed E-state index contributed by atoms with van der Waals surface area (Å²) in [5.74, 6) is 0. The number of rotatable bonds is 4. The molecule has 0 heterocycles. The minimum absolute atomic E-state index is 0.530. The van der Waals surface area contributed by atoms with Crippen LogP contribution in [0.25, 0.3) is 0 Å². The van der Waals surface area contributed by atoms with Gasteiger partial charge in [0.05, 0.1) is 0 Å². The molecule has 0 bridgehead atoms. The van der Waals surface area contributed by atoms with Crippen LogP contribution < -0.4 is 0 Å². The molecule has 0 aliphatic rings. The summed E-state index contributed by atoms with van der Waals surface area (Å²) in [5.41, 5.74) is 1.19. The molecule has 2 aromatic rings. The Labute approximate surface area is 116 Å². The Morgan fingerprint density at radius 3 is 2.00 bits per heavy atom. The van der Waals surface area contributed by atoms with Crippen molar-refractivity contribution in [3.8, 4) is 0 Å². The van der Waals surface area contributed by atoms with Crippen LogP contribution in [0, 0.1) is 0 Å². The maximum atomic E-state index is 11.0. The van der Waals surface area contributed by atoms with E-state index in [4.69, 9.17) is 20.3 Å². The fraction of sp³-hybridized carbons (Fsp3) is 0.0769. The Balaban J connectivity index is 2.43. The van der Waals surface area contributed by atoms with Crippen LogP contribution in [0.4, 0.5) is 0 Å². The van der Waals surface area contributed by atoms with Gasteiger partial charge in [-0.25, -0.2) is 4.18 Å². The molecule has 0 spiro atoms. The largest absolute Gasteiger partial charge is 0.398 e. The number of benzene rings is 2. The SMILES string of the molecule is O=S(=O)(O)OC(c1ccccc1)c1ccc(Cl)cc1. The molecule has 0 saturated carbocycles. The van der Waals surface area contributed by atoms with Gasteiger partial charge in [0.15, 0.2) is 0 Å². The zero-order valence-corrected chi connectivity index (χ0v) is 11.3. The van der Waals surface area contributed by atoms with E-state index in [0.717, 1.165) is 0 Å². The average Bonchev–Trinajstić information content (AvgIpc) is 2.37. The van der Waals surface area contributed by atoms with Gasteiger partial charge < -0.3 is 0 Å². The molecule has 0 fully saturated rings. The van der Waals surface area contributed by atoms with Crippen molar-refractivity contribution in [1.82, 2.24) is 0 Å². The maximum absolute atomic E-state index is 11.0. The van der Waals surface area contributed by atoms with Crippen molar-refractivity contribution in [3.63, 3.8) is 0 Å². The lowest BCUT2D eigenvalue weighted by atomic mass is 10.0. The minimum Gasteiger partial charge on any atom is -0.264 e. The molecule has 1 atom stereocenters. The average molecular weight is 299 g/mol. The zero-order chi connectivity index (χ0) is 13.9. The maximum Gasteiger partial charge on any atom is 0.398 e. The summed E-state index contributed by atoms with van der Waals surface area (Å²) in [6, 6.07) is 15.3. The molecule has 0 amide bonds. The lowest BCUT2D eigenvalue weighted by Crippen LogP contribution is -2.12. The van der Waals surface area contributed by atoms with Gasteiger partial charge in [0.25, 0.3) is 0 Å². The molecule has 0 saturated heterocycles. The first-order valence-electron chi connectivity index (χ1n) is 5.42. The third-order valence-electron chi connectivity index (χ3n) is 2.49. The van der Waals surface area contributed by atoms with E-state index in [1.807, 2.05) is 0 Å². The van der Waals surface area contributed by atoms with Crippen molar-refractivity contribution in [3.05, 3.63) is 70.7 Å². The van der Waals surface area contributed by atoms with Gasteiger partial charge in [-0.15, -0.1) is 0 Å². The molecule has 0 aromatic heterocycles. The van der Waals surface area contributed by atoms with E-state index in [0.29, 0.717) is 16.1 Å². The van der Waals surface area contributed by atoms with E-state index in [2.05, 4.69) is 0 Å². The van der Waals surface area contributed by atoms with Crippen LogP contribution in [0.3, 0.4) is 0 Å². The second kappa shape index (κ2) is 5.71. The molecule has 100 valence electrons. The van der Waals surface area contributed by atoms with Crippen molar-refractivity contribution < 1.29 is 17.2 Å². The van der Waals surface area contributed by atoms with E-state index < -0.39 is 16.5 Å². The highest BCUT2D eigenvalue weighted by Gasteiger charge is 2.21. The molecular formula is C13H11ClO4S. The Bertz CT molecular complexity index is 638. The van der Waals surface area contributed by atoms with Gasteiger partial charge in [0.1, 0.15) is 6.10 Å². The molecular weight excluding hydrogens is 288 g/mol. The van der Waals surface area contributed by atoms with Gasteiger partial charge in [0, 0.05) is 5.02 Å². The van der Waals surface area contributed by atoms with Crippen LogP contribution in [0.5, 0.6) is 0 Å². The molecule has 6 heteroatoms. The standard InChI is InChI=1S/C13H11ClO4S/c14-12-8-6-11(7-9-12)13(18-19(15,16)17)10-4-2-1-3-5-10/h1-9,13H,(H,15,16,17). The Kier molecular flexibility index (Phi) is 4.21. The van der Waals surface area contributed by atoms with E-state index in [-0.39, 0.29) is 0 Å². The predicted molar refractivity (Wildman–Crippen MR) is 72.4 cm³/mol. The Morgan fingerprint density at radius 1 is 0.947 bits per heavy atom. The first-order chi connectivity index (χ1) is 8.96. The summed E-state index contributed by atoms with van der Waals surface area (Å²) in [6.07, 6.45) is -0.909. The summed E-state index contributed by atoms with van der Waals surface area (Å²) >= 11 is 5.79. The van der Waals surface area contributed by atoms with Crippen molar-refractivity contribution in [1.29, 1.82) is 0 Å². The lowest BCUT2D eigenvalue weighted by Gasteiger charge is -2.16. The molecule has 0 aliphatic carbocycles. The molecule has 19 heavy (non-hydrogen) atoms. The summed E-state index contributed by atoms with van der Waals surface area (Å²) < 4.78 is 35.5. The van der Waals surface area contributed by atoms with Crippen LogP contribution >= 0.6 is 11.6 Å². The second-order valence-electron chi connectivity index (χ2n) is 3.87. The fourth-order valence-corrected chi connectivity index (χ4v) is 2.28. The van der Waals surface area contributed by atoms with Crippen LogP contribution in [-0.4, -0.2) is 13.0 Å².